The number of nitrogens with two attached hydrogens (primary N) is 1. The van der Waals surface area contributed by atoms with Crippen LogP contribution in [0.25, 0.3) is 0 Å². The van der Waals surface area contributed by atoms with Crippen molar-refractivity contribution in [2.24, 2.45) is 0 Å². The molecule has 4 nitrogen and oxygen atoms in total. The van der Waals surface area contributed by atoms with Crippen LogP contribution >= 0.6 is 0 Å². The maximum Gasteiger partial charge on any atom is 0.305 e. The lowest BCUT2D eigenvalue weighted by Gasteiger charge is -2.21. The minimum Gasteiger partial charge on any atom is -0.469 e. The van der Waals surface area contributed by atoms with Crippen molar-refractivity contribution in [2.45, 2.75) is 32.7 Å². The quantitative estimate of drug-likeness (QED) is 0.579. The number of carbonyl (C=O) groups excluding carboxylic acids is 1. The van der Waals surface area contributed by atoms with E-state index in [0.717, 1.165) is 38.2 Å². The molecule has 0 atom stereocenters. The number of carbonyl (C=O) groups is 1. The van der Waals surface area contributed by atoms with Gasteiger partial charge in [-0.15, -0.1) is 0 Å². The van der Waals surface area contributed by atoms with Gasteiger partial charge < -0.3 is 10.5 Å². The Morgan fingerprint density at radius 3 is 2.53 bits per heavy atom. The van der Waals surface area contributed by atoms with Crippen molar-refractivity contribution in [2.75, 3.05) is 25.9 Å². The van der Waals surface area contributed by atoms with Crippen molar-refractivity contribution in [3.63, 3.8) is 0 Å². The number of esters is 1. The summed E-state index contributed by atoms with van der Waals surface area (Å²) >= 11 is 0. The fourth-order valence-electron chi connectivity index (χ4n) is 2.02. The SMILES string of the molecule is CCCN(CCCC(=O)OC)Cc1ccc(N)cc1. The Bertz CT molecular complexity index is 376. The van der Waals surface area contributed by atoms with Gasteiger partial charge in [0.2, 0.25) is 0 Å². The summed E-state index contributed by atoms with van der Waals surface area (Å²) < 4.78 is 4.65. The first kappa shape index (κ1) is 15.5. The van der Waals surface area contributed by atoms with Crippen LogP contribution < -0.4 is 5.73 Å². The van der Waals surface area contributed by atoms with Crippen LogP contribution in [-0.4, -0.2) is 31.1 Å². The molecule has 0 fully saturated rings. The van der Waals surface area contributed by atoms with E-state index in [0.29, 0.717) is 6.42 Å². The third-order valence-electron chi connectivity index (χ3n) is 3.01. The van der Waals surface area contributed by atoms with Gasteiger partial charge in [0.1, 0.15) is 0 Å². The summed E-state index contributed by atoms with van der Waals surface area (Å²) in [7, 11) is 1.43. The van der Waals surface area contributed by atoms with Gasteiger partial charge in [-0.3, -0.25) is 9.69 Å². The van der Waals surface area contributed by atoms with E-state index in [-0.39, 0.29) is 5.97 Å². The molecule has 0 aromatic heterocycles. The fraction of sp³-hybridized carbons (Fsp3) is 0.533. The van der Waals surface area contributed by atoms with E-state index in [4.69, 9.17) is 5.73 Å². The zero-order valence-electron chi connectivity index (χ0n) is 11.9. The molecule has 0 aliphatic heterocycles. The third-order valence-corrected chi connectivity index (χ3v) is 3.01. The summed E-state index contributed by atoms with van der Waals surface area (Å²) in [5, 5.41) is 0. The maximum atomic E-state index is 11.1. The summed E-state index contributed by atoms with van der Waals surface area (Å²) in [6.45, 7) is 5.00. The van der Waals surface area contributed by atoms with E-state index in [1.54, 1.807) is 0 Å². The highest BCUT2D eigenvalue weighted by Crippen LogP contribution is 2.10. The molecular weight excluding hydrogens is 240 g/mol. The average Bonchev–Trinajstić information content (AvgIpc) is 2.41. The second-order valence-corrected chi connectivity index (χ2v) is 4.70. The van der Waals surface area contributed by atoms with Gasteiger partial charge in [0, 0.05) is 18.7 Å². The molecule has 1 aromatic rings. The normalized spacial score (nSPS) is 10.7. The van der Waals surface area contributed by atoms with Crippen molar-refractivity contribution in [3.8, 4) is 0 Å². The third kappa shape index (κ3) is 6.25. The Labute approximate surface area is 115 Å². The minimum absolute atomic E-state index is 0.135. The molecular formula is C15H24N2O2. The number of methoxy groups -OCH3 is 1. The molecule has 1 aromatic carbocycles. The number of nitrogen functional groups attached to an aromatic ring is 1. The Kier molecular flexibility index (Phi) is 6.97. The van der Waals surface area contributed by atoms with E-state index in [1.165, 1.54) is 12.7 Å². The predicted octanol–water partition coefficient (Wildman–Crippen LogP) is 2.43. The van der Waals surface area contributed by atoms with Crippen molar-refractivity contribution >= 4 is 11.7 Å². The maximum absolute atomic E-state index is 11.1. The van der Waals surface area contributed by atoms with Crippen molar-refractivity contribution in [1.82, 2.24) is 4.90 Å². The Hall–Kier alpha value is -1.55. The van der Waals surface area contributed by atoms with Crippen molar-refractivity contribution in [3.05, 3.63) is 29.8 Å². The molecule has 0 radical (unpaired) electrons. The number of hydrogen-bond acceptors (Lipinski definition) is 4. The van der Waals surface area contributed by atoms with Crippen LogP contribution in [0, 0.1) is 0 Å². The molecule has 4 heteroatoms. The molecule has 0 bridgehead atoms. The molecule has 0 aliphatic rings. The van der Waals surface area contributed by atoms with Crippen LogP contribution in [0.5, 0.6) is 0 Å². The van der Waals surface area contributed by atoms with Gasteiger partial charge in [-0.1, -0.05) is 19.1 Å². The van der Waals surface area contributed by atoms with Crippen LogP contribution in [0.2, 0.25) is 0 Å². The standard InChI is InChI=1S/C15H24N2O2/c1-3-10-17(11-4-5-15(18)19-2)12-13-6-8-14(16)9-7-13/h6-9H,3-5,10-12,16H2,1-2H3. The predicted molar refractivity (Wildman–Crippen MR) is 77.7 cm³/mol. The Balaban J connectivity index is 2.43. The number of anilines is 1. The minimum atomic E-state index is -0.135. The van der Waals surface area contributed by atoms with Gasteiger partial charge in [0.05, 0.1) is 7.11 Å². The molecule has 0 aliphatic carbocycles. The lowest BCUT2D eigenvalue weighted by Crippen LogP contribution is -2.25. The molecule has 0 heterocycles. The van der Waals surface area contributed by atoms with Gasteiger partial charge in [0.25, 0.3) is 0 Å². The van der Waals surface area contributed by atoms with Crippen LogP contribution in [0.3, 0.4) is 0 Å². The van der Waals surface area contributed by atoms with Crippen LogP contribution in [0.1, 0.15) is 31.7 Å². The molecule has 0 amide bonds. The number of benzene rings is 1. The summed E-state index contributed by atoms with van der Waals surface area (Å²) in [5.74, 6) is -0.135. The molecule has 106 valence electrons. The lowest BCUT2D eigenvalue weighted by atomic mass is 10.2. The number of ether oxygens (including phenoxy) is 1. The monoisotopic (exact) mass is 264 g/mol. The van der Waals surface area contributed by atoms with E-state index >= 15 is 0 Å². The van der Waals surface area contributed by atoms with Crippen molar-refractivity contribution < 1.29 is 9.53 Å². The zero-order valence-corrected chi connectivity index (χ0v) is 11.9. The molecule has 2 N–H and O–H groups in total. The lowest BCUT2D eigenvalue weighted by molar-refractivity contribution is -0.140. The topological polar surface area (TPSA) is 55.6 Å². The van der Waals surface area contributed by atoms with Crippen LogP contribution in [0.4, 0.5) is 5.69 Å². The molecule has 19 heavy (non-hydrogen) atoms. The molecule has 0 spiro atoms. The first-order valence-electron chi connectivity index (χ1n) is 6.79. The number of nitrogens with zero attached hydrogens (tertiary/aromatic N) is 1. The smallest absolute Gasteiger partial charge is 0.305 e. The second kappa shape index (κ2) is 8.53. The van der Waals surface area contributed by atoms with Crippen LogP contribution in [-0.2, 0) is 16.1 Å². The Morgan fingerprint density at radius 2 is 1.95 bits per heavy atom. The average molecular weight is 264 g/mol. The first-order chi connectivity index (χ1) is 9.15. The highest BCUT2D eigenvalue weighted by molar-refractivity contribution is 5.69. The van der Waals surface area contributed by atoms with Gasteiger partial charge >= 0.3 is 5.97 Å². The summed E-state index contributed by atoms with van der Waals surface area (Å²) in [6, 6.07) is 7.96. The van der Waals surface area contributed by atoms with E-state index in [9.17, 15) is 4.79 Å². The Morgan fingerprint density at radius 1 is 1.26 bits per heavy atom. The van der Waals surface area contributed by atoms with E-state index in [1.807, 2.05) is 12.1 Å². The first-order valence-corrected chi connectivity index (χ1v) is 6.79. The number of hydrogen-bond donors (Lipinski definition) is 1. The van der Waals surface area contributed by atoms with Gasteiger partial charge in [0.15, 0.2) is 0 Å². The largest absolute Gasteiger partial charge is 0.469 e. The summed E-state index contributed by atoms with van der Waals surface area (Å²) in [4.78, 5) is 13.4. The van der Waals surface area contributed by atoms with Gasteiger partial charge in [-0.25, -0.2) is 0 Å². The zero-order chi connectivity index (χ0) is 14.1. The molecule has 0 unspecified atom stereocenters. The highest BCUT2D eigenvalue weighted by atomic mass is 16.5. The van der Waals surface area contributed by atoms with Crippen molar-refractivity contribution in [1.29, 1.82) is 0 Å². The summed E-state index contributed by atoms with van der Waals surface area (Å²) in [6.07, 6.45) is 2.42. The highest BCUT2D eigenvalue weighted by Gasteiger charge is 2.07. The molecule has 0 saturated carbocycles. The van der Waals surface area contributed by atoms with Crippen LogP contribution in [0.15, 0.2) is 24.3 Å². The van der Waals surface area contributed by atoms with E-state index < -0.39 is 0 Å². The molecule has 1 rings (SSSR count). The fourth-order valence-corrected chi connectivity index (χ4v) is 2.02. The molecule has 0 saturated heterocycles. The van der Waals surface area contributed by atoms with Gasteiger partial charge in [-0.05, 0) is 43.6 Å². The van der Waals surface area contributed by atoms with E-state index in [2.05, 4.69) is 28.7 Å². The summed E-state index contributed by atoms with van der Waals surface area (Å²) in [5.41, 5.74) is 7.72. The van der Waals surface area contributed by atoms with Gasteiger partial charge in [-0.2, -0.15) is 0 Å². The number of rotatable bonds is 8. The second-order valence-electron chi connectivity index (χ2n) is 4.70.